The number of carbonyl (C=O) groups excluding carboxylic acids is 1. The van der Waals surface area contributed by atoms with Crippen molar-refractivity contribution in [2.45, 2.75) is 38.4 Å². The maximum Gasteiger partial charge on any atom is 0.323 e. The molecule has 5 nitrogen and oxygen atoms in total. The Morgan fingerprint density at radius 3 is 2.71 bits per heavy atom. The first-order valence-electron chi connectivity index (χ1n) is 7.48. The fourth-order valence-corrected chi connectivity index (χ4v) is 3.58. The standard InChI is InChI=1S/C16H22N4O/c1-12(2)20-15(21)18-14(17)16(20)8-9-19(11-16)10-13-6-4-3-5-7-13/h3-7,12H,8-11H2,1-2H3,(H2,17,18,21). The smallest absolute Gasteiger partial charge is 0.308 e. The van der Waals surface area contributed by atoms with Gasteiger partial charge in [0.25, 0.3) is 0 Å². The molecule has 3 rings (SSSR count). The topological polar surface area (TPSA) is 59.4 Å². The Balaban J connectivity index is 1.78. The minimum Gasteiger partial charge on any atom is -0.308 e. The van der Waals surface area contributed by atoms with E-state index in [1.54, 1.807) is 0 Å². The largest absolute Gasteiger partial charge is 0.323 e. The fraction of sp³-hybridized carbons (Fsp3) is 0.500. The minimum absolute atomic E-state index is 0.101. The van der Waals surface area contributed by atoms with Gasteiger partial charge in [-0.3, -0.25) is 15.6 Å². The van der Waals surface area contributed by atoms with Crippen LogP contribution in [0.15, 0.2) is 30.3 Å². The van der Waals surface area contributed by atoms with Crippen LogP contribution in [0.1, 0.15) is 25.8 Å². The van der Waals surface area contributed by atoms with E-state index in [1.165, 1.54) is 5.56 Å². The average molecular weight is 286 g/mol. The SMILES string of the molecule is CC(C)N1C(=O)NC(=N)C12CCN(Cc1ccccc1)C2. The summed E-state index contributed by atoms with van der Waals surface area (Å²) in [6.45, 7) is 6.54. The summed E-state index contributed by atoms with van der Waals surface area (Å²) in [5.41, 5.74) is 0.814. The molecule has 0 bridgehead atoms. The first-order valence-corrected chi connectivity index (χ1v) is 7.48. The Kier molecular flexibility index (Phi) is 3.45. The van der Waals surface area contributed by atoms with Crippen LogP contribution >= 0.6 is 0 Å². The summed E-state index contributed by atoms with van der Waals surface area (Å²) >= 11 is 0. The van der Waals surface area contributed by atoms with E-state index in [4.69, 9.17) is 5.41 Å². The zero-order chi connectivity index (χ0) is 15.0. The normalized spacial score (nSPS) is 26.1. The molecule has 0 saturated carbocycles. The Labute approximate surface area is 125 Å². The molecule has 2 aliphatic heterocycles. The molecule has 1 spiro atoms. The van der Waals surface area contributed by atoms with Gasteiger partial charge in [0.15, 0.2) is 0 Å². The van der Waals surface area contributed by atoms with E-state index in [0.717, 1.165) is 26.1 Å². The maximum absolute atomic E-state index is 12.1. The Morgan fingerprint density at radius 1 is 1.33 bits per heavy atom. The van der Waals surface area contributed by atoms with Gasteiger partial charge in [0.1, 0.15) is 11.4 Å². The first kappa shape index (κ1) is 14.1. The highest BCUT2D eigenvalue weighted by Gasteiger charge is 2.54. The highest BCUT2D eigenvalue weighted by Crippen LogP contribution is 2.34. The number of nitrogens with one attached hydrogen (secondary N) is 2. The molecule has 0 aliphatic carbocycles. The lowest BCUT2D eigenvalue weighted by Gasteiger charge is -2.36. The van der Waals surface area contributed by atoms with Crippen molar-refractivity contribution >= 4 is 11.9 Å². The molecule has 5 heteroatoms. The van der Waals surface area contributed by atoms with Gasteiger partial charge in [-0.1, -0.05) is 30.3 Å². The number of carbonyl (C=O) groups is 1. The quantitative estimate of drug-likeness (QED) is 0.893. The predicted molar refractivity (Wildman–Crippen MR) is 82.3 cm³/mol. The summed E-state index contributed by atoms with van der Waals surface area (Å²) in [6, 6.07) is 10.3. The Bertz CT molecular complexity index is 557. The molecule has 2 amide bonds. The van der Waals surface area contributed by atoms with E-state index in [-0.39, 0.29) is 12.1 Å². The molecule has 2 fully saturated rings. The lowest BCUT2D eigenvalue weighted by atomic mass is 9.95. The summed E-state index contributed by atoms with van der Waals surface area (Å²) in [5, 5.41) is 10.9. The van der Waals surface area contributed by atoms with Crippen LogP contribution in [0.3, 0.4) is 0 Å². The van der Waals surface area contributed by atoms with Gasteiger partial charge in [-0.05, 0) is 25.8 Å². The second kappa shape index (κ2) is 5.15. The summed E-state index contributed by atoms with van der Waals surface area (Å²) in [6.07, 6.45) is 0.829. The summed E-state index contributed by atoms with van der Waals surface area (Å²) in [4.78, 5) is 16.3. The van der Waals surface area contributed by atoms with Crippen LogP contribution < -0.4 is 5.32 Å². The van der Waals surface area contributed by atoms with Gasteiger partial charge in [-0.25, -0.2) is 4.79 Å². The molecule has 1 atom stereocenters. The van der Waals surface area contributed by atoms with E-state index in [9.17, 15) is 4.79 Å². The number of amidine groups is 1. The first-order chi connectivity index (χ1) is 10.0. The monoisotopic (exact) mass is 286 g/mol. The van der Waals surface area contributed by atoms with Crippen molar-refractivity contribution < 1.29 is 4.79 Å². The molecular formula is C16H22N4O. The van der Waals surface area contributed by atoms with Crippen molar-refractivity contribution in [3.63, 3.8) is 0 Å². The van der Waals surface area contributed by atoms with Gasteiger partial charge in [-0.2, -0.15) is 0 Å². The van der Waals surface area contributed by atoms with Crippen LogP contribution in [0.5, 0.6) is 0 Å². The van der Waals surface area contributed by atoms with Crippen LogP contribution in [0, 0.1) is 5.41 Å². The van der Waals surface area contributed by atoms with Crippen molar-refractivity contribution in [2.24, 2.45) is 0 Å². The van der Waals surface area contributed by atoms with Gasteiger partial charge in [-0.15, -0.1) is 0 Å². The van der Waals surface area contributed by atoms with Gasteiger partial charge >= 0.3 is 6.03 Å². The van der Waals surface area contributed by atoms with Crippen molar-refractivity contribution in [1.82, 2.24) is 15.1 Å². The molecule has 2 aliphatic rings. The number of amides is 2. The zero-order valence-electron chi connectivity index (χ0n) is 12.6. The molecule has 2 saturated heterocycles. The van der Waals surface area contributed by atoms with Gasteiger partial charge in [0.2, 0.25) is 0 Å². The third-order valence-corrected chi connectivity index (χ3v) is 4.47. The van der Waals surface area contributed by atoms with E-state index >= 15 is 0 Å². The summed E-state index contributed by atoms with van der Waals surface area (Å²) < 4.78 is 0. The number of rotatable bonds is 3. The van der Waals surface area contributed by atoms with E-state index in [0.29, 0.717) is 5.84 Å². The molecule has 0 radical (unpaired) electrons. The van der Waals surface area contributed by atoms with Crippen LogP contribution in [0.4, 0.5) is 4.79 Å². The van der Waals surface area contributed by atoms with Gasteiger partial charge < -0.3 is 4.90 Å². The molecule has 2 N–H and O–H groups in total. The molecule has 1 aromatic rings. The number of hydrogen-bond acceptors (Lipinski definition) is 3. The molecule has 1 aromatic carbocycles. The average Bonchev–Trinajstić information content (AvgIpc) is 2.94. The molecule has 0 aromatic heterocycles. The van der Waals surface area contributed by atoms with Crippen LogP contribution in [-0.4, -0.2) is 46.3 Å². The summed E-state index contributed by atoms with van der Waals surface area (Å²) in [7, 11) is 0. The molecule has 1 unspecified atom stereocenters. The van der Waals surface area contributed by atoms with Gasteiger partial charge in [0.05, 0.1) is 0 Å². The maximum atomic E-state index is 12.1. The van der Waals surface area contributed by atoms with Gasteiger partial charge in [0, 0.05) is 25.7 Å². The lowest BCUT2D eigenvalue weighted by molar-refractivity contribution is 0.149. The number of benzene rings is 1. The number of nitrogens with zero attached hydrogens (tertiary/aromatic N) is 2. The van der Waals surface area contributed by atoms with Crippen molar-refractivity contribution in [3.05, 3.63) is 35.9 Å². The third kappa shape index (κ3) is 2.31. The number of hydrogen-bond donors (Lipinski definition) is 2. The predicted octanol–water partition coefficient (Wildman–Crippen LogP) is 2.04. The summed E-state index contributed by atoms with van der Waals surface area (Å²) in [5.74, 6) is 0.358. The van der Waals surface area contributed by atoms with E-state index < -0.39 is 5.54 Å². The highest BCUT2D eigenvalue weighted by atomic mass is 16.2. The zero-order valence-corrected chi connectivity index (χ0v) is 12.6. The van der Waals surface area contributed by atoms with Crippen LogP contribution in [0.2, 0.25) is 0 Å². The van der Waals surface area contributed by atoms with E-state index in [2.05, 4.69) is 22.3 Å². The minimum atomic E-state index is -0.458. The second-order valence-corrected chi connectivity index (χ2v) is 6.25. The Hall–Kier alpha value is -1.88. The van der Waals surface area contributed by atoms with Crippen molar-refractivity contribution in [3.8, 4) is 0 Å². The van der Waals surface area contributed by atoms with Crippen LogP contribution in [-0.2, 0) is 6.54 Å². The highest BCUT2D eigenvalue weighted by molar-refractivity contribution is 6.09. The number of urea groups is 1. The van der Waals surface area contributed by atoms with Crippen LogP contribution in [0.25, 0.3) is 0 Å². The lowest BCUT2D eigenvalue weighted by Crippen LogP contribution is -2.54. The van der Waals surface area contributed by atoms with E-state index in [1.807, 2.05) is 36.9 Å². The van der Waals surface area contributed by atoms with Crippen molar-refractivity contribution in [1.29, 1.82) is 5.41 Å². The molecular weight excluding hydrogens is 264 g/mol. The molecule has 2 heterocycles. The van der Waals surface area contributed by atoms with Crippen molar-refractivity contribution in [2.75, 3.05) is 13.1 Å². The fourth-order valence-electron chi connectivity index (χ4n) is 3.58. The molecule has 112 valence electrons. The number of likely N-dealkylation sites (tertiary alicyclic amines) is 1. The Morgan fingerprint density at radius 2 is 2.05 bits per heavy atom. The second-order valence-electron chi connectivity index (χ2n) is 6.25. The molecule has 21 heavy (non-hydrogen) atoms. The third-order valence-electron chi connectivity index (χ3n) is 4.47.